The SMILES string of the molecule is C[C@@H](NC[C@@H](O)CO)c1cccc(C(F)(F)F)c1. The summed E-state index contributed by atoms with van der Waals surface area (Å²) in [4.78, 5) is 0. The molecule has 0 heterocycles. The number of aliphatic hydroxyl groups excluding tert-OH is 2. The second-order valence-corrected chi connectivity index (χ2v) is 4.09. The minimum absolute atomic E-state index is 0.119. The summed E-state index contributed by atoms with van der Waals surface area (Å²) in [6.07, 6.45) is -5.28. The van der Waals surface area contributed by atoms with E-state index >= 15 is 0 Å². The number of nitrogens with one attached hydrogen (secondary N) is 1. The van der Waals surface area contributed by atoms with Gasteiger partial charge >= 0.3 is 6.18 Å². The van der Waals surface area contributed by atoms with Crippen LogP contribution in [0.5, 0.6) is 0 Å². The van der Waals surface area contributed by atoms with Crippen molar-refractivity contribution in [2.45, 2.75) is 25.2 Å². The Morgan fingerprint density at radius 2 is 2.00 bits per heavy atom. The minimum Gasteiger partial charge on any atom is -0.394 e. The molecule has 0 radical (unpaired) electrons. The first kappa shape index (κ1) is 14.9. The van der Waals surface area contributed by atoms with Crippen LogP contribution in [0.3, 0.4) is 0 Å². The molecule has 6 heteroatoms. The first-order valence-corrected chi connectivity index (χ1v) is 5.54. The predicted molar refractivity (Wildman–Crippen MR) is 61.0 cm³/mol. The van der Waals surface area contributed by atoms with Gasteiger partial charge in [0.25, 0.3) is 0 Å². The number of alkyl halides is 3. The van der Waals surface area contributed by atoms with E-state index in [0.717, 1.165) is 12.1 Å². The number of aliphatic hydroxyl groups is 2. The van der Waals surface area contributed by atoms with Gasteiger partial charge in [-0.2, -0.15) is 13.2 Å². The summed E-state index contributed by atoms with van der Waals surface area (Å²) >= 11 is 0. The Hall–Kier alpha value is -1.11. The van der Waals surface area contributed by atoms with Gasteiger partial charge in [0.15, 0.2) is 0 Å². The van der Waals surface area contributed by atoms with Gasteiger partial charge in [-0.05, 0) is 24.6 Å². The van der Waals surface area contributed by atoms with Gasteiger partial charge in [0.2, 0.25) is 0 Å². The molecule has 0 bridgehead atoms. The number of rotatable bonds is 5. The van der Waals surface area contributed by atoms with Crippen molar-refractivity contribution in [3.8, 4) is 0 Å². The van der Waals surface area contributed by atoms with E-state index in [1.807, 2.05) is 0 Å². The molecule has 0 aliphatic heterocycles. The molecular formula is C12H16F3NO2. The van der Waals surface area contributed by atoms with Gasteiger partial charge < -0.3 is 15.5 Å². The Balaban J connectivity index is 2.71. The molecule has 0 spiro atoms. The van der Waals surface area contributed by atoms with E-state index < -0.39 is 17.8 Å². The van der Waals surface area contributed by atoms with Crippen LogP contribution in [0.1, 0.15) is 24.1 Å². The van der Waals surface area contributed by atoms with E-state index in [-0.39, 0.29) is 19.2 Å². The molecule has 1 aromatic rings. The van der Waals surface area contributed by atoms with E-state index in [1.165, 1.54) is 6.07 Å². The van der Waals surface area contributed by atoms with E-state index in [1.54, 1.807) is 13.0 Å². The molecule has 102 valence electrons. The Labute approximate surface area is 103 Å². The van der Waals surface area contributed by atoms with Crippen LogP contribution in [-0.4, -0.2) is 29.5 Å². The van der Waals surface area contributed by atoms with Crippen molar-refractivity contribution in [3.63, 3.8) is 0 Å². The third kappa shape index (κ3) is 4.29. The molecule has 2 atom stereocenters. The standard InChI is InChI=1S/C12H16F3NO2/c1-8(16-6-11(18)7-17)9-3-2-4-10(5-9)12(13,14)15/h2-5,8,11,16-18H,6-7H2,1H3/t8-,11-/m1/s1. The maximum atomic E-state index is 12.5. The Kier molecular flexibility index (Phi) is 5.13. The van der Waals surface area contributed by atoms with Crippen LogP contribution in [0.4, 0.5) is 13.2 Å². The number of hydrogen-bond donors (Lipinski definition) is 3. The molecule has 0 aliphatic rings. The molecule has 1 aromatic carbocycles. The lowest BCUT2D eigenvalue weighted by Gasteiger charge is -2.17. The third-order valence-corrected chi connectivity index (χ3v) is 2.58. The number of hydrogen-bond acceptors (Lipinski definition) is 3. The summed E-state index contributed by atoms with van der Waals surface area (Å²) in [6, 6.07) is 4.67. The largest absolute Gasteiger partial charge is 0.416 e. The zero-order valence-corrected chi connectivity index (χ0v) is 9.91. The fourth-order valence-electron chi connectivity index (χ4n) is 1.48. The molecule has 0 saturated carbocycles. The minimum atomic E-state index is -4.36. The molecular weight excluding hydrogens is 247 g/mol. The monoisotopic (exact) mass is 263 g/mol. The lowest BCUT2D eigenvalue weighted by molar-refractivity contribution is -0.137. The average Bonchev–Trinajstić information content (AvgIpc) is 2.34. The molecule has 18 heavy (non-hydrogen) atoms. The Morgan fingerprint density at radius 1 is 1.33 bits per heavy atom. The molecule has 3 N–H and O–H groups in total. The van der Waals surface area contributed by atoms with Crippen molar-refractivity contribution in [2.24, 2.45) is 0 Å². The van der Waals surface area contributed by atoms with Crippen molar-refractivity contribution in [1.29, 1.82) is 0 Å². The van der Waals surface area contributed by atoms with Gasteiger partial charge in [-0.1, -0.05) is 12.1 Å². The molecule has 0 fully saturated rings. The summed E-state index contributed by atoms with van der Waals surface area (Å²) < 4.78 is 37.5. The van der Waals surface area contributed by atoms with Gasteiger partial charge in [0, 0.05) is 12.6 Å². The van der Waals surface area contributed by atoms with Crippen LogP contribution in [-0.2, 0) is 6.18 Å². The molecule has 1 rings (SSSR count). The van der Waals surface area contributed by atoms with Gasteiger partial charge in [0.05, 0.1) is 18.3 Å². The first-order chi connectivity index (χ1) is 8.34. The summed E-state index contributed by atoms with van der Waals surface area (Å²) in [6.45, 7) is 1.43. The predicted octanol–water partition coefficient (Wildman–Crippen LogP) is 1.71. The summed E-state index contributed by atoms with van der Waals surface area (Å²) in [5, 5.41) is 20.6. The summed E-state index contributed by atoms with van der Waals surface area (Å²) in [5.74, 6) is 0. The average molecular weight is 263 g/mol. The molecule has 0 aliphatic carbocycles. The highest BCUT2D eigenvalue weighted by molar-refractivity contribution is 5.27. The molecule has 0 saturated heterocycles. The fourth-order valence-corrected chi connectivity index (χ4v) is 1.48. The fraction of sp³-hybridized carbons (Fsp3) is 0.500. The third-order valence-electron chi connectivity index (χ3n) is 2.58. The molecule has 0 amide bonds. The number of halogens is 3. The first-order valence-electron chi connectivity index (χ1n) is 5.54. The maximum Gasteiger partial charge on any atom is 0.416 e. The van der Waals surface area contributed by atoms with Gasteiger partial charge in [-0.3, -0.25) is 0 Å². The van der Waals surface area contributed by atoms with E-state index in [0.29, 0.717) is 5.56 Å². The van der Waals surface area contributed by atoms with Crippen LogP contribution in [0.25, 0.3) is 0 Å². The van der Waals surface area contributed by atoms with Gasteiger partial charge in [0.1, 0.15) is 0 Å². The Morgan fingerprint density at radius 3 is 2.56 bits per heavy atom. The lowest BCUT2D eigenvalue weighted by Crippen LogP contribution is -2.31. The lowest BCUT2D eigenvalue weighted by atomic mass is 10.0. The second-order valence-electron chi connectivity index (χ2n) is 4.09. The molecule has 0 unspecified atom stereocenters. The number of benzene rings is 1. The van der Waals surface area contributed by atoms with Crippen molar-refractivity contribution < 1.29 is 23.4 Å². The molecule has 0 aromatic heterocycles. The molecule has 3 nitrogen and oxygen atoms in total. The zero-order valence-electron chi connectivity index (χ0n) is 9.91. The van der Waals surface area contributed by atoms with E-state index in [9.17, 15) is 13.2 Å². The van der Waals surface area contributed by atoms with E-state index in [4.69, 9.17) is 10.2 Å². The quantitative estimate of drug-likeness (QED) is 0.758. The summed E-state index contributed by atoms with van der Waals surface area (Å²) in [5.41, 5.74) is -0.216. The smallest absolute Gasteiger partial charge is 0.394 e. The van der Waals surface area contributed by atoms with Gasteiger partial charge in [-0.25, -0.2) is 0 Å². The maximum absolute atomic E-state index is 12.5. The van der Waals surface area contributed by atoms with Crippen LogP contribution in [0.2, 0.25) is 0 Å². The highest BCUT2D eigenvalue weighted by atomic mass is 19.4. The highest BCUT2D eigenvalue weighted by Crippen LogP contribution is 2.30. The van der Waals surface area contributed by atoms with Crippen molar-refractivity contribution >= 4 is 0 Å². The summed E-state index contributed by atoms with van der Waals surface area (Å²) in [7, 11) is 0. The van der Waals surface area contributed by atoms with E-state index in [2.05, 4.69) is 5.32 Å². The van der Waals surface area contributed by atoms with Crippen molar-refractivity contribution in [1.82, 2.24) is 5.32 Å². The second kappa shape index (κ2) is 6.17. The van der Waals surface area contributed by atoms with Crippen LogP contribution in [0, 0.1) is 0 Å². The van der Waals surface area contributed by atoms with Crippen molar-refractivity contribution in [3.05, 3.63) is 35.4 Å². The zero-order chi connectivity index (χ0) is 13.8. The topological polar surface area (TPSA) is 52.5 Å². The van der Waals surface area contributed by atoms with Crippen molar-refractivity contribution in [2.75, 3.05) is 13.2 Å². The highest BCUT2D eigenvalue weighted by Gasteiger charge is 2.30. The van der Waals surface area contributed by atoms with Crippen LogP contribution < -0.4 is 5.32 Å². The normalized spacial score (nSPS) is 15.4. The van der Waals surface area contributed by atoms with Gasteiger partial charge in [-0.15, -0.1) is 0 Å². The van der Waals surface area contributed by atoms with Crippen LogP contribution >= 0.6 is 0 Å². The Bertz CT molecular complexity index is 382. The van der Waals surface area contributed by atoms with Crippen LogP contribution in [0.15, 0.2) is 24.3 Å².